The van der Waals surface area contributed by atoms with Crippen LogP contribution in [0.2, 0.25) is 0 Å². The normalized spacial score (nSPS) is 10.2. The Bertz CT molecular complexity index is 201. The van der Waals surface area contributed by atoms with Gasteiger partial charge in [0, 0.05) is 5.75 Å². The summed E-state index contributed by atoms with van der Waals surface area (Å²) in [5.74, 6) is 1.19. The molecule has 56 valence electrons. The molecular weight excluding hydrogens is 153 g/mol. The van der Waals surface area contributed by atoms with Crippen LogP contribution in [0.3, 0.4) is 0 Å². The lowest BCUT2D eigenvalue weighted by Gasteiger charge is -1.86. The molecule has 1 aromatic rings. The lowest BCUT2D eigenvalue weighted by molar-refractivity contribution is 0.532. The molecule has 0 aliphatic carbocycles. The fourth-order valence-electron chi connectivity index (χ4n) is 0.517. The van der Waals surface area contributed by atoms with Crippen LogP contribution in [0.1, 0.15) is 5.82 Å². The average molecular weight is 161 g/mol. The summed E-state index contributed by atoms with van der Waals surface area (Å²) >= 11 is 1.31. The van der Waals surface area contributed by atoms with Crippen LogP contribution in [0.4, 0.5) is 4.39 Å². The molecule has 0 spiro atoms. The van der Waals surface area contributed by atoms with Gasteiger partial charge in [0.25, 0.3) is 0 Å². The Morgan fingerprint density at radius 1 is 1.70 bits per heavy atom. The van der Waals surface area contributed by atoms with Crippen molar-refractivity contribution in [2.24, 2.45) is 0 Å². The first kappa shape index (κ1) is 7.53. The number of nitrogens with one attached hydrogen (secondary N) is 1. The molecule has 0 saturated heterocycles. The molecule has 0 amide bonds. The van der Waals surface area contributed by atoms with Crippen LogP contribution in [0, 0.1) is 6.92 Å². The lowest BCUT2D eigenvalue weighted by atomic mass is 10.8. The molecule has 0 unspecified atom stereocenters. The zero-order valence-electron chi connectivity index (χ0n) is 5.59. The van der Waals surface area contributed by atoms with E-state index in [2.05, 4.69) is 15.2 Å². The molecule has 0 atom stereocenters. The molecular formula is C5H8FN3S. The summed E-state index contributed by atoms with van der Waals surface area (Å²) in [4.78, 5) is 3.98. The van der Waals surface area contributed by atoms with Crippen molar-refractivity contribution < 1.29 is 4.39 Å². The molecule has 0 aliphatic rings. The van der Waals surface area contributed by atoms with Gasteiger partial charge < -0.3 is 0 Å². The van der Waals surface area contributed by atoms with E-state index in [-0.39, 0.29) is 6.67 Å². The molecule has 0 aromatic carbocycles. The van der Waals surface area contributed by atoms with Crippen LogP contribution in [-0.4, -0.2) is 27.6 Å². The number of aromatic amines is 1. The van der Waals surface area contributed by atoms with E-state index < -0.39 is 0 Å². The molecule has 0 radical (unpaired) electrons. The first-order valence-electron chi connectivity index (χ1n) is 2.90. The number of H-pyrrole nitrogens is 1. The molecule has 5 heteroatoms. The maximum atomic E-state index is 11.6. The minimum absolute atomic E-state index is 0.335. The van der Waals surface area contributed by atoms with Gasteiger partial charge in [-0.2, -0.15) is 0 Å². The summed E-state index contributed by atoms with van der Waals surface area (Å²) in [6.45, 7) is 1.48. The number of alkyl halides is 1. The molecule has 0 saturated carbocycles. The zero-order valence-corrected chi connectivity index (χ0v) is 6.41. The van der Waals surface area contributed by atoms with E-state index in [1.165, 1.54) is 11.8 Å². The van der Waals surface area contributed by atoms with Gasteiger partial charge in [0.05, 0.1) is 6.67 Å². The zero-order chi connectivity index (χ0) is 7.40. The number of rotatable bonds is 3. The summed E-state index contributed by atoms with van der Waals surface area (Å²) in [6.07, 6.45) is 0. The highest BCUT2D eigenvalue weighted by Gasteiger charge is 1.97. The van der Waals surface area contributed by atoms with Crippen molar-refractivity contribution in [3.63, 3.8) is 0 Å². The van der Waals surface area contributed by atoms with E-state index in [0.29, 0.717) is 10.9 Å². The minimum Gasteiger partial charge on any atom is -0.262 e. The Hall–Kier alpha value is -0.580. The Kier molecular flexibility index (Phi) is 2.68. The third-order valence-electron chi connectivity index (χ3n) is 0.885. The maximum absolute atomic E-state index is 11.6. The fourth-order valence-corrected chi connectivity index (χ4v) is 1.09. The first-order valence-corrected chi connectivity index (χ1v) is 3.89. The van der Waals surface area contributed by atoms with Crippen molar-refractivity contribution >= 4 is 11.8 Å². The summed E-state index contributed by atoms with van der Waals surface area (Å²) in [5, 5.41) is 7.11. The number of nitrogens with zero attached hydrogens (tertiary/aromatic N) is 2. The largest absolute Gasteiger partial charge is 0.262 e. The van der Waals surface area contributed by atoms with Crippen molar-refractivity contribution in [2.75, 3.05) is 12.4 Å². The molecule has 1 aromatic heterocycles. The van der Waals surface area contributed by atoms with E-state index in [1.54, 1.807) is 0 Å². The van der Waals surface area contributed by atoms with Gasteiger partial charge in [-0.15, -0.1) is 5.10 Å². The Morgan fingerprint density at radius 3 is 3.00 bits per heavy atom. The molecule has 0 fully saturated rings. The monoisotopic (exact) mass is 161 g/mol. The van der Waals surface area contributed by atoms with E-state index in [9.17, 15) is 4.39 Å². The maximum Gasteiger partial charge on any atom is 0.208 e. The van der Waals surface area contributed by atoms with Crippen LogP contribution in [0.25, 0.3) is 0 Å². The molecule has 10 heavy (non-hydrogen) atoms. The molecule has 1 heterocycles. The summed E-state index contributed by atoms with van der Waals surface area (Å²) in [7, 11) is 0. The Morgan fingerprint density at radius 2 is 2.50 bits per heavy atom. The Labute approximate surface area is 62.4 Å². The highest BCUT2D eigenvalue weighted by atomic mass is 32.2. The minimum atomic E-state index is -0.335. The van der Waals surface area contributed by atoms with E-state index >= 15 is 0 Å². The Balaban J connectivity index is 2.42. The first-order chi connectivity index (χ1) is 4.83. The van der Waals surface area contributed by atoms with Gasteiger partial charge in [-0.3, -0.25) is 9.49 Å². The van der Waals surface area contributed by atoms with Crippen molar-refractivity contribution in [2.45, 2.75) is 12.1 Å². The van der Waals surface area contributed by atoms with E-state index in [1.807, 2.05) is 6.92 Å². The topological polar surface area (TPSA) is 41.6 Å². The quantitative estimate of drug-likeness (QED) is 0.677. The molecule has 0 aliphatic heterocycles. The van der Waals surface area contributed by atoms with Gasteiger partial charge in [-0.1, -0.05) is 11.8 Å². The smallest absolute Gasteiger partial charge is 0.208 e. The number of aromatic nitrogens is 3. The van der Waals surface area contributed by atoms with Gasteiger partial charge in [-0.05, 0) is 6.92 Å². The molecule has 1 N–H and O–H groups in total. The second-order valence-corrected chi connectivity index (χ2v) is 2.80. The van der Waals surface area contributed by atoms with Crippen molar-refractivity contribution in [3.05, 3.63) is 5.82 Å². The summed E-state index contributed by atoms with van der Waals surface area (Å²) < 4.78 is 11.6. The SMILES string of the molecule is Cc1nc(SCCF)n[nH]1. The standard InChI is InChI=1S/C5H8FN3S/c1-4-7-5(9-8-4)10-3-2-6/h2-3H2,1H3,(H,7,8,9). The van der Waals surface area contributed by atoms with Crippen LogP contribution < -0.4 is 0 Å². The third kappa shape index (κ3) is 1.98. The number of hydrogen-bond donors (Lipinski definition) is 1. The van der Waals surface area contributed by atoms with Crippen LogP contribution in [0.15, 0.2) is 5.16 Å². The molecule has 3 nitrogen and oxygen atoms in total. The lowest BCUT2D eigenvalue weighted by Crippen LogP contribution is -1.81. The van der Waals surface area contributed by atoms with E-state index in [4.69, 9.17) is 0 Å². The average Bonchev–Trinajstić information content (AvgIpc) is 2.31. The highest BCUT2D eigenvalue weighted by molar-refractivity contribution is 7.99. The van der Waals surface area contributed by atoms with Crippen molar-refractivity contribution in [3.8, 4) is 0 Å². The van der Waals surface area contributed by atoms with E-state index in [0.717, 1.165) is 5.82 Å². The second kappa shape index (κ2) is 3.55. The number of hydrogen-bond acceptors (Lipinski definition) is 3. The van der Waals surface area contributed by atoms with Crippen LogP contribution in [0.5, 0.6) is 0 Å². The number of thioether (sulfide) groups is 1. The summed E-state index contributed by atoms with van der Waals surface area (Å²) in [6, 6.07) is 0. The van der Waals surface area contributed by atoms with Gasteiger partial charge in [-0.25, -0.2) is 4.98 Å². The van der Waals surface area contributed by atoms with Gasteiger partial charge in [0.2, 0.25) is 5.16 Å². The van der Waals surface area contributed by atoms with Crippen LogP contribution in [-0.2, 0) is 0 Å². The van der Waals surface area contributed by atoms with Gasteiger partial charge in [0.15, 0.2) is 0 Å². The number of halogens is 1. The number of aryl methyl sites for hydroxylation is 1. The fraction of sp³-hybridized carbons (Fsp3) is 0.600. The van der Waals surface area contributed by atoms with Gasteiger partial charge in [0.1, 0.15) is 5.82 Å². The van der Waals surface area contributed by atoms with Gasteiger partial charge >= 0.3 is 0 Å². The van der Waals surface area contributed by atoms with Crippen LogP contribution >= 0.6 is 11.8 Å². The third-order valence-corrected chi connectivity index (χ3v) is 1.68. The van der Waals surface area contributed by atoms with Crippen molar-refractivity contribution in [1.29, 1.82) is 0 Å². The highest BCUT2D eigenvalue weighted by Crippen LogP contribution is 2.10. The molecule has 1 rings (SSSR count). The van der Waals surface area contributed by atoms with Crippen molar-refractivity contribution in [1.82, 2.24) is 15.2 Å². The predicted molar refractivity (Wildman–Crippen MR) is 37.8 cm³/mol. The predicted octanol–water partition coefficient (Wildman–Crippen LogP) is 1.17. The second-order valence-electron chi connectivity index (χ2n) is 1.74. The summed E-state index contributed by atoms with van der Waals surface area (Å²) in [5.41, 5.74) is 0. The molecule has 0 bridgehead atoms.